The minimum atomic E-state index is -3.72. The van der Waals surface area contributed by atoms with Crippen molar-refractivity contribution < 1.29 is 13.2 Å². The second kappa shape index (κ2) is 9.90. The third-order valence-electron chi connectivity index (χ3n) is 7.05. The Morgan fingerprint density at radius 3 is 2.65 bits per heavy atom. The van der Waals surface area contributed by atoms with Gasteiger partial charge >= 0.3 is 0 Å². The summed E-state index contributed by atoms with van der Waals surface area (Å²) in [5.41, 5.74) is 4.26. The SMILES string of the molecule is NS(=O)(=O)c1cnn(CCCOc2ccc3c(c2)C(Cc2ccccc2)C(CN2CCC2)C3)c1. The van der Waals surface area contributed by atoms with Gasteiger partial charge in [-0.3, -0.25) is 4.68 Å². The highest BCUT2D eigenvalue weighted by atomic mass is 32.2. The third-order valence-corrected chi connectivity index (χ3v) is 7.91. The summed E-state index contributed by atoms with van der Waals surface area (Å²) in [5, 5.41) is 9.21. The maximum absolute atomic E-state index is 11.4. The zero-order valence-corrected chi connectivity index (χ0v) is 20.2. The van der Waals surface area contributed by atoms with Crippen LogP contribution in [0.1, 0.15) is 35.4 Å². The average molecular weight is 481 g/mol. The van der Waals surface area contributed by atoms with E-state index in [4.69, 9.17) is 9.88 Å². The minimum Gasteiger partial charge on any atom is -0.494 e. The first-order valence-corrected chi connectivity index (χ1v) is 13.6. The van der Waals surface area contributed by atoms with E-state index in [0.717, 1.165) is 18.6 Å². The Kier molecular flexibility index (Phi) is 6.72. The maximum Gasteiger partial charge on any atom is 0.241 e. The summed E-state index contributed by atoms with van der Waals surface area (Å²) < 4.78 is 30.5. The van der Waals surface area contributed by atoms with Crippen LogP contribution in [0.3, 0.4) is 0 Å². The van der Waals surface area contributed by atoms with E-state index in [-0.39, 0.29) is 4.90 Å². The zero-order chi connectivity index (χ0) is 23.5. The Morgan fingerprint density at radius 1 is 1.12 bits per heavy atom. The van der Waals surface area contributed by atoms with E-state index in [1.807, 2.05) is 0 Å². The largest absolute Gasteiger partial charge is 0.494 e. The molecule has 3 aromatic rings. The summed E-state index contributed by atoms with van der Waals surface area (Å²) in [4.78, 5) is 2.62. The number of nitrogens with two attached hydrogens (primary N) is 1. The number of aromatic nitrogens is 2. The lowest BCUT2D eigenvalue weighted by Crippen LogP contribution is -2.41. The Morgan fingerprint density at radius 2 is 1.94 bits per heavy atom. The number of sulfonamides is 1. The molecule has 0 amide bonds. The molecular formula is C26H32N4O3S. The lowest BCUT2D eigenvalue weighted by atomic mass is 9.86. The molecule has 2 heterocycles. The molecule has 34 heavy (non-hydrogen) atoms. The topological polar surface area (TPSA) is 90.5 Å². The zero-order valence-electron chi connectivity index (χ0n) is 19.3. The second-order valence-electron chi connectivity index (χ2n) is 9.46. The number of aryl methyl sites for hydroxylation is 1. The normalized spacial score (nSPS) is 20.1. The molecule has 1 aliphatic carbocycles. The van der Waals surface area contributed by atoms with Crippen LogP contribution in [0.2, 0.25) is 0 Å². The molecular weight excluding hydrogens is 448 g/mol. The molecule has 7 nitrogen and oxygen atoms in total. The molecule has 1 aliphatic heterocycles. The van der Waals surface area contributed by atoms with E-state index in [1.165, 1.54) is 55.1 Å². The van der Waals surface area contributed by atoms with Crippen molar-refractivity contribution in [3.05, 3.63) is 77.6 Å². The number of primary sulfonamides is 1. The number of ether oxygens (including phenoxy) is 1. The molecule has 2 unspecified atom stereocenters. The van der Waals surface area contributed by atoms with Gasteiger partial charge in [0.1, 0.15) is 10.6 Å². The van der Waals surface area contributed by atoms with Gasteiger partial charge in [0.05, 0.1) is 12.8 Å². The van der Waals surface area contributed by atoms with Gasteiger partial charge in [-0.25, -0.2) is 13.6 Å². The van der Waals surface area contributed by atoms with E-state index >= 15 is 0 Å². The summed E-state index contributed by atoms with van der Waals surface area (Å²) in [6.07, 6.45) is 6.96. The van der Waals surface area contributed by atoms with Crippen LogP contribution in [0.15, 0.2) is 65.8 Å². The van der Waals surface area contributed by atoms with Crippen LogP contribution >= 0.6 is 0 Å². The van der Waals surface area contributed by atoms with Gasteiger partial charge in [0.2, 0.25) is 10.0 Å². The number of hydrogen-bond acceptors (Lipinski definition) is 5. The van der Waals surface area contributed by atoms with E-state index in [2.05, 4.69) is 58.5 Å². The molecule has 0 radical (unpaired) electrons. The van der Waals surface area contributed by atoms with E-state index in [0.29, 0.717) is 31.4 Å². The van der Waals surface area contributed by atoms with Gasteiger partial charge < -0.3 is 9.64 Å². The van der Waals surface area contributed by atoms with Gasteiger partial charge in [-0.15, -0.1) is 0 Å². The smallest absolute Gasteiger partial charge is 0.241 e. The fourth-order valence-electron chi connectivity index (χ4n) is 5.14. The monoisotopic (exact) mass is 480 g/mol. The van der Waals surface area contributed by atoms with Gasteiger partial charge in [0, 0.05) is 25.7 Å². The Labute approximate surface area is 201 Å². The van der Waals surface area contributed by atoms with E-state index in [9.17, 15) is 8.42 Å². The molecule has 2 aliphatic rings. The van der Waals surface area contributed by atoms with Crippen LogP contribution in [0.4, 0.5) is 0 Å². The van der Waals surface area contributed by atoms with E-state index < -0.39 is 10.0 Å². The molecule has 1 saturated heterocycles. The third kappa shape index (κ3) is 5.35. The van der Waals surface area contributed by atoms with Gasteiger partial charge in [-0.1, -0.05) is 36.4 Å². The molecule has 2 atom stereocenters. The van der Waals surface area contributed by atoms with Crippen LogP contribution in [-0.4, -0.2) is 49.3 Å². The average Bonchev–Trinajstić information content (AvgIpc) is 3.40. The second-order valence-corrected chi connectivity index (χ2v) is 11.0. The molecule has 0 spiro atoms. The van der Waals surface area contributed by atoms with Crippen molar-refractivity contribution in [1.29, 1.82) is 0 Å². The number of fused-ring (bicyclic) bond motifs is 1. The summed E-state index contributed by atoms with van der Waals surface area (Å²) in [6.45, 7) is 4.73. The molecule has 1 fully saturated rings. The Hall–Kier alpha value is -2.68. The lowest BCUT2D eigenvalue weighted by Gasteiger charge is -2.35. The highest BCUT2D eigenvalue weighted by molar-refractivity contribution is 7.89. The summed E-state index contributed by atoms with van der Waals surface area (Å²) in [7, 11) is -3.72. The summed E-state index contributed by atoms with van der Waals surface area (Å²) >= 11 is 0. The van der Waals surface area contributed by atoms with Crippen LogP contribution in [0.5, 0.6) is 5.75 Å². The Bertz CT molecular complexity index is 1220. The molecule has 0 bridgehead atoms. The molecule has 2 N–H and O–H groups in total. The predicted molar refractivity (Wildman–Crippen MR) is 131 cm³/mol. The van der Waals surface area contributed by atoms with Crippen LogP contribution < -0.4 is 9.88 Å². The molecule has 8 heteroatoms. The van der Waals surface area contributed by atoms with Crippen molar-refractivity contribution in [1.82, 2.24) is 14.7 Å². The first-order chi connectivity index (χ1) is 16.5. The molecule has 180 valence electrons. The van der Waals surface area contributed by atoms with Crippen molar-refractivity contribution in [2.24, 2.45) is 11.1 Å². The van der Waals surface area contributed by atoms with Crippen molar-refractivity contribution in [3.8, 4) is 5.75 Å². The first kappa shape index (κ1) is 23.1. The lowest BCUT2D eigenvalue weighted by molar-refractivity contribution is 0.145. The minimum absolute atomic E-state index is 0.0317. The van der Waals surface area contributed by atoms with Crippen molar-refractivity contribution in [2.75, 3.05) is 26.2 Å². The fourth-order valence-corrected chi connectivity index (χ4v) is 5.60. The number of likely N-dealkylation sites (tertiary alicyclic amines) is 1. The highest BCUT2D eigenvalue weighted by Gasteiger charge is 2.34. The van der Waals surface area contributed by atoms with Crippen molar-refractivity contribution in [2.45, 2.75) is 43.0 Å². The summed E-state index contributed by atoms with van der Waals surface area (Å²) in [5.74, 6) is 2.04. The number of benzene rings is 2. The fraction of sp³-hybridized carbons (Fsp3) is 0.423. The Balaban J connectivity index is 1.23. The molecule has 5 rings (SSSR count). The summed E-state index contributed by atoms with van der Waals surface area (Å²) in [6, 6.07) is 17.4. The number of hydrogen-bond donors (Lipinski definition) is 1. The standard InChI is InChI=1S/C26H32N4O3S/c27-34(31,32)24-17-28-30(19-24)12-5-13-33-23-9-8-21-15-22(18-29-10-4-11-29)25(26(21)16-23)14-20-6-2-1-3-7-20/h1-3,6-9,16-17,19,22,25H,4-5,10-15,18H2,(H2,27,31,32). The number of nitrogens with zero attached hydrogens (tertiary/aromatic N) is 3. The predicted octanol–water partition coefficient (Wildman–Crippen LogP) is 3.20. The highest BCUT2D eigenvalue weighted by Crippen LogP contribution is 2.42. The van der Waals surface area contributed by atoms with Crippen LogP contribution in [0.25, 0.3) is 0 Å². The van der Waals surface area contributed by atoms with Gasteiger partial charge in [0.25, 0.3) is 0 Å². The van der Waals surface area contributed by atoms with Gasteiger partial charge in [0.15, 0.2) is 0 Å². The molecule has 1 aromatic heterocycles. The maximum atomic E-state index is 11.4. The molecule has 2 aromatic carbocycles. The van der Waals surface area contributed by atoms with Crippen LogP contribution in [-0.2, 0) is 29.4 Å². The van der Waals surface area contributed by atoms with Crippen molar-refractivity contribution >= 4 is 10.0 Å². The quantitative estimate of drug-likeness (QED) is 0.450. The first-order valence-electron chi connectivity index (χ1n) is 12.0. The van der Waals surface area contributed by atoms with Gasteiger partial charge in [-0.2, -0.15) is 5.10 Å². The van der Waals surface area contributed by atoms with Crippen LogP contribution in [0, 0.1) is 5.92 Å². The molecule has 0 saturated carbocycles. The number of rotatable bonds is 10. The van der Waals surface area contributed by atoms with Crippen molar-refractivity contribution in [3.63, 3.8) is 0 Å². The van der Waals surface area contributed by atoms with E-state index in [1.54, 1.807) is 4.68 Å². The van der Waals surface area contributed by atoms with Gasteiger partial charge in [-0.05, 0) is 73.0 Å².